The number of nitrogens with zero attached hydrogens (tertiary/aromatic N) is 2. The molecule has 0 radical (unpaired) electrons. The molecule has 2 aromatic carbocycles. The average molecular weight is 429 g/mol. The van der Waals surface area contributed by atoms with Gasteiger partial charge in [0.15, 0.2) is 9.84 Å². The first kappa shape index (κ1) is 21.5. The van der Waals surface area contributed by atoms with Crippen LogP contribution in [0.25, 0.3) is 0 Å². The number of hydrogen-bond donors (Lipinski definition) is 1. The highest BCUT2D eigenvalue weighted by Crippen LogP contribution is 2.19. The number of amides is 1. The quantitative estimate of drug-likeness (QED) is 0.583. The smallest absolute Gasteiger partial charge is 0.322 e. The van der Waals surface area contributed by atoms with E-state index in [9.17, 15) is 13.2 Å². The Hall–Kier alpha value is -3.20. The predicted molar refractivity (Wildman–Crippen MR) is 111 cm³/mol. The second kappa shape index (κ2) is 9.08. The summed E-state index contributed by atoms with van der Waals surface area (Å²) in [6.45, 7) is 5.72. The molecular weight excluding hydrogens is 406 g/mol. The molecule has 30 heavy (non-hydrogen) atoms. The molecular formula is C21H23N3O5S. The molecule has 1 amide bonds. The molecule has 0 aliphatic carbocycles. The first-order valence-corrected chi connectivity index (χ1v) is 11.0. The molecule has 3 rings (SSSR count). The van der Waals surface area contributed by atoms with Gasteiger partial charge in [-0.15, -0.1) is 5.10 Å². The van der Waals surface area contributed by atoms with Gasteiger partial charge in [-0.3, -0.25) is 10.1 Å². The number of hydrogen-bond acceptors (Lipinski definition) is 7. The fourth-order valence-electron chi connectivity index (χ4n) is 2.66. The predicted octanol–water partition coefficient (Wildman–Crippen LogP) is 3.49. The number of aromatic nitrogens is 2. The molecule has 0 saturated carbocycles. The summed E-state index contributed by atoms with van der Waals surface area (Å²) < 4.78 is 35.2. The van der Waals surface area contributed by atoms with Gasteiger partial charge in [-0.05, 0) is 62.7 Å². The van der Waals surface area contributed by atoms with Gasteiger partial charge in [0.05, 0.1) is 23.2 Å². The Morgan fingerprint density at radius 3 is 2.33 bits per heavy atom. The highest BCUT2D eigenvalue weighted by Gasteiger charge is 2.19. The SMILES string of the molecule is CCOc1ccc(C(=O)Nc2nnc(Cc3ccc(S(=O)(=O)C(C)C)cc3)o2)cc1. The molecule has 0 spiro atoms. The van der Waals surface area contributed by atoms with E-state index in [1.54, 1.807) is 62.4 Å². The molecule has 0 atom stereocenters. The molecule has 0 bridgehead atoms. The van der Waals surface area contributed by atoms with Gasteiger partial charge >= 0.3 is 6.01 Å². The van der Waals surface area contributed by atoms with Gasteiger partial charge in [-0.1, -0.05) is 17.2 Å². The first-order chi connectivity index (χ1) is 14.3. The monoisotopic (exact) mass is 429 g/mol. The number of nitrogens with one attached hydrogen (secondary N) is 1. The molecule has 1 aromatic heterocycles. The van der Waals surface area contributed by atoms with Crippen LogP contribution in [0.4, 0.5) is 6.01 Å². The summed E-state index contributed by atoms with van der Waals surface area (Å²) in [6, 6.07) is 13.2. The fraction of sp³-hybridized carbons (Fsp3) is 0.286. The van der Waals surface area contributed by atoms with Gasteiger partial charge < -0.3 is 9.15 Å². The number of ether oxygens (including phenoxy) is 1. The lowest BCUT2D eigenvalue weighted by Gasteiger charge is -2.08. The highest BCUT2D eigenvalue weighted by atomic mass is 32.2. The van der Waals surface area contributed by atoms with Gasteiger partial charge in [-0.25, -0.2) is 8.42 Å². The summed E-state index contributed by atoms with van der Waals surface area (Å²) in [6.07, 6.45) is 0.313. The highest BCUT2D eigenvalue weighted by molar-refractivity contribution is 7.92. The zero-order valence-corrected chi connectivity index (χ0v) is 17.8. The number of carbonyl (C=O) groups excluding carboxylic acids is 1. The van der Waals surface area contributed by atoms with Crippen molar-refractivity contribution in [2.45, 2.75) is 37.3 Å². The van der Waals surface area contributed by atoms with Crippen molar-refractivity contribution in [1.29, 1.82) is 0 Å². The Morgan fingerprint density at radius 1 is 1.07 bits per heavy atom. The minimum absolute atomic E-state index is 0.0112. The average Bonchev–Trinajstić information content (AvgIpc) is 3.15. The molecule has 0 unspecified atom stereocenters. The first-order valence-electron chi connectivity index (χ1n) is 9.49. The second-order valence-electron chi connectivity index (χ2n) is 6.83. The lowest BCUT2D eigenvalue weighted by Crippen LogP contribution is -2.13. The molecule has 1 heterocycles. The Morgan fingerprint density at radius 2 is 1.73 bits per heavy atom. The minimum Gasteiger partial charge on any atom is -0.494 e. The van der Waals surface area contributed by atoms with E-state index >= 15 is 0 Å². The number of rotatable bonds is 8. The van der Waals surface area contributed by atoms with Crippen molar-refractivity contribution >= 4 is 21.8 Å². The van der Waals surface area contributed by atoms with Crippen LogP contribution in [0.2, 0.25) is 0 Å². The number of anilines is 1. The summed E-state index contributed by atoms with van der Waals surface area (Å²) in [5, 5.41) is 9.83. The van der Waals surface area contributed by atoms with E-state index in [2.05, 4.69) is 15.5 Å². The summed E-state index contributed by atoms with van der Waals surface area (Å²) in [5.74, 6) is 0.606. The van der Waals surface area contributed by atoms with E-state index in [-0.39, 0.29) is 16.8 Å². The van der Waals surface area contributed by atoms with Crippen LogP contribution in [0.5, 0.6) is 5.75 Å². The largest absolute Gasteiger partial charge is 0.494 e. The van der Waals surface area contributed by atoms with Gasteiger partial charge in [0, 0.05) is 5.56 Å². The van der Waals surface area contributed by atoms with E-state index in [1.165, 1.54) is 0 Å². The summed E-state index contributed by atoms with van der Waals surface area (Å²) in [4.78, 5) is 12.6. The topological polar surface area (TPSA) is 111 Å². The molecule has 0 aliphatic rings. The third-order valence-electron chi connectivity index (χ3n) is 4.34. The van der Waals surface area contributed by atoms with E-state index < -0.39 is 15.1 Å². The van der Waals surface area contributed by atoms with E-state index in [1.807, 2.05) is 6.92 Å². The molecule has 9 heteroatoms. The van der Waals surface area contributed by atoms with Crippen molar-refractivity contribution in [3.8, 4) is 5.75 Å². The standard InChI is InChI=1S/C21H23N3O5S/c1-4-28-17-9-7-16(8-10-17)20(25)22-21-24-23-19(29-21)13-15-5-11-18(12-6-15)30(26,27)14(2)3/h5-12,14H,4,13H2,1-3H3,(H,22,24,25). The molecule has 3 aromatic rings. The lowest BCUT2D eigenvalue weighted by atomic mass is 10.1. The van der Waals surface area contributed by atoms with Crippen LogP contribution < -0.4 is 10.1 Å². The van der Waals surface area contributed by atoms with Crippen molar-refractivity contribution in [2.24, 2.45) is 0 Å². The normalized spacial score (nSPS) is 11.5. The van der Waals surface area contributed by atoms with Gasteiger partial charge in [0.25, 0.3) is 5.91 Å². The summed E-state index contributed by atoms with van der Waals surface area (Å²) >= 11 is 0. The van der Waals surface area contributed by atoms with Crippen molar-refractivity contribution in [2.75, 3.05) is 11.9 Å². The number of sulfone groups is 1. The molecule has 158 valence electrons. The zero-order valence-electron chi connectivity index (χ0n) is 17.0. The third-order valence-corrected chi connectivity index (χ3v) is 6.51. The van der Waals surface area contributed by atoms with Crippen LogP contribution in [0.3, 0.4) is 0 Å². The van der Waals surface area contributed by atoms with Gasteiger partial charge in [0.1, 0.15) is 5.75 Å². The van der Waals surface area contributed by atoms with Crippen LogP contribution in [0.1, 0.15) is 42.6 Å². The number of carbonyl (C=O) groups is 1. The number of benzene rings is 2. The zero-order chi connectivity index (χ0) is 21.7. The molecule has 0 aliphatic heterocycles. The molecule has 0 fully saturated rings. The van der Waals surface area contributed by atoms with Crippen LogP contribution >= 0.6 is 0 Å². The van der Waals surface area contributed by atoms with Crippen molar-refractivity contribution in [1.82, 2.24) is 10.2 Å². The Balaban J connectivity index is 1.63. The molecule has 1 N–H and O–H groups in total. The fourth-order valence-corrected chi connectivity index (χ4v) is 3.72. The van der Waals surface area contributed by atoms with Crippen LogP contribution in [-0.4, -0.2) is 36.4 Å². The van der Waals surface area contributed by atoms with E-state index in [0.717, 1.165) is 5.56 Å². The Labute approximate surface area is 175 Å². The maximum atomic E-state index is 12.3. The second-order valence-corrected chi connectivity index (χ2v) is 9.33. The minimum atomic E-state index is -3.32. The van der Waals surface area contributed by atoms with Gasteiger partial charge in [0.2, 0.25) is 5.89 Å². The lowest BCUT2D eigenvalue weighted by molar-refractivity contribution is 0.102. The maximum Gasteiger partial charge on any atom is 0.322 e. The molecule has 8 nitrogen and oxygen atoms in total. The third kappa shape index (κ3) is 5.04. The van der Waals surface area contributed by atoms with Crippen LogP contribution in [-0.2, 0) is 16.3 Å². The van der Waals surface area contributed by atoms with Crippen molar-refractivity contribution in [3.05, 3.63) is 65.5 Å². The summed E-state index contributed by atoms with van der Waals surface area (Å²) in [5.41, 5.74) is 1.24. The molecule has 0 saturated heterocycles. The van der Waals surface area contributed by atoms with Crippen LogP contribution in [0.15, 0.2) is 57.8 Å². The van der Waals surface area contributed by atoms with Gasteiger partial charge in [-0.2, -0.15) is 0 Å². The van der Waals surface area contributed by atoms with Crippen LogP contribution in [0, 0.1) is 0 Å². The van der Waals surface area contributed by atoms with Crippen molar-refractivity contribution < 1.29 is 22.4 Å². The Bertz CT molecular complexity index is 1100. The van der Waals surface area contributed by atoms with E-state index in [4.69, 9.17) is 9.15 Å². The Kier molecular flexibility index (Phi) is 6.51. The maximum absolute atomic E-state index is 12.3. The summed E-state index contributed by atoms with van der Waals surface area (Å²) in [7, 11) is -3.32. The van der Waals surface area contributed by atoms with E-state index in [0.29, 0.717) is 30.2 Å². The van der Waals surface area contributed by atoms with Crippen molar-refractivity contribution in [3.63, 3.8) is 0 Å².